The van der Waals surface area contributed by atoms with Crippen LogP contribution in [0.2, 0.25) is 5.02 Å². The third-order valence-electron chi connectivity index (χ3n) is 3.14. The van der Waals surface area contributed by atoms with E-state index in [4.69, 9.17) is 16.3 Å². The average Bonchev–Trinajstić information content (AvgIpc) is 2.48. The van der Waals surface area contributed by atoms with Gasteiger partial charge in [0.25, 0.3) is 5.91 Å². The number of hydrogen-bond acceptors (Lipinski definition) is 3. The van der Waals surface area contributed by atoms with E-state index in [1.165, 1.54) is 4.90 Å². The van der Waals surface area contributed by atoms with Gasteiger partial charge < -0.3 is 10.1 Å². The highest BCUT2D eigenvalue weighted by molar-refractivity contribution is 6.31. The third-order valence-corrected chi connectivity index (χ3v) is 3.37. The molecule has 5 nitrogen and oxygen atoms in total. The third kappa shape index (κ3) is 3.36. The van der Waals surface area contributed by atoms with Crippen LogP contribution < -0.4 is 15.0 Å². The molecule has 0 radical (unpaired) electrons. The number of anilines is 1. The second-order valence-corrected chi connectivity index (χ2v) is 5.08. The summed E-state index contributed by atoms with van der Waals surface area (Å²) in [5.74, 6) is 0.0642. The van der Waals surface area contributed by atoms with Gasteiger partial charge in [-0.1, -0.05) is 24.6 Å². The molecule has 1 aliphatic heterocycles. The molecule has 0 bridgehead atoms. The molecule has 0 saturated carbocycles. The number of amides is 2. The van der Waals surface area contributed by atoms with Crippen molar-refractivity contribution in [3.05, 3.63) is 35.9 Å². The Morgan fingerprint density at radius 2 is 2.33 bits per heavy atom. The number of nitrogens with one attached hydrogen (secondary N) is 1. The Labute approximate surface area is 128 Å². The maximum absolute atomic E-state index is 12.4. The van der Waals surface area contributed by atoms with Gasteiger partial charge in [-0.05, 0) is 24.6 Å². The van der Waals surface area contributed by atoms with Crippen molar-refractivity contribution < 1.29 is 14.3 Å². The summed E-state index contributed by atoms with van der Waals surface area (Å²) in [5, 5.41) is 3.14. The Balaban J connectivity index is 2.28. The van der Waals surface area contributed by atoms with Crippen LogP contribution in [0.5, 0.6) is 5.75 Å². The van der Waals surface area contributed by atoms with Crippen LogP contribution in [-0.4, -0.2) is 31.0 Å². The van der Waals surface area contributed by atoms with Crippen LogP contribution in [0.1, 0.15) is 13.3 Å². The fraction of sp³-hybridized carbons (Fsp3) is 0.333. The van der Waals surface area contributed by atoms with Crippen LogP contribution in [0.15, 0.2) is 30.9 Å². The van der Waals surface area contributed by atoms with E-state index in [0.29, 0.717) is 29.4 Å². The Bertz CT molecular complexity index is 574. The second kappa shape index (κ2) is 6.63. The molecule has 2 amide bonds. The molecule has 2 rings (SSSR count). The van der Waals surface area contributed by atoms with Crippen molar-refractivity contribution in [3.8, 4) is 5.75 Å². The maximum atomic E-state index is 12.4. The van der Waals surface area contributed by atoms with Crippen molar-refractivity contribution in [1.82, 2.24) is 5.32 Å². The van der Waals surface area contributed by atoms with Gasteiger partial charge in [0, 0.05) is 11.6 Å². The van der Waals surface area contributed by atoms with E-state index in [1.54, 1.807) is 24.3 Å². The summed E-state index contributed by atoms with van der Waals surface area (Å²) >= 11 is 5.97. The van der Waals surface area contributed by atoms with E-state index < -0.39 is 6.10 Å². The lowest BCUT2D eigenvalue weighted by Crippen LogP contribution is -2.49. The van der Waals surface area contributed by atoms with Crippen LogP contribution in [0.4, 0.5) is 5.69 Å². The van der Waals surface area contributed by atoms with Crippen molar-refractivity contribution in [2.75, 3.05) is 18.0 Å². The van der Waals surface area contributed by atoms with Crippen LogP contribution in [0.25, 0.3) is 0 Å². The molecule has 0 unspecified atom stereocenters. The molecular formula is C15H17ClN2O3. The van der Waals surface area contributed by atoms with Gasteiger partial charge in [-0.2, -0.15) is 0 Å². The van der Waals surface area contributed by atoms with Gasteiger partial charge in [0.2, 0.25) is 5.91 Å². The van der Waals surface area contributed by atoms with Gasteiger partial charge in [0.1, 0.15) is 12.3 Å². The Morgan fingerprint density at radius 1 is 1.57 bits per heavy atom. The van der Waals surface area contributed by atoms with Gasteiger partial charge in [-0.25, -0.2) is 0 Å². The highest BCUT2D eigenvalue weighted by Gasteiger charge is 2.34. The molecule has 1 N–H and O–H groups in total. The van der Waals surface area contributed by atoms with Crippen LogP contribution in [-0.2, 0) is 9.59 Å². The molecule has 1 heterocycles. The summed E-state index contributed by atoms with van der Waals surface area (Å²) in [6.07, 6.45) is 1.54. The molecule has 1 aromatic carbocycles. The van der Waals surface area contributed by atoms with E-state index in [9.17, 15) is 9.59 Å². The normalized spacial score (nSPS) is 17.0. The molecular weight excluding hydrogens is 292 g/mol. The van der Waals surface area contributed by atoms with E-state index in [-0.39, 0.29) is 18.4 Å². The molecule has 112 valence electrons. The zero-order valence-corrected chi connectivity index (χ0v) is 12.5. The van der Waals surface area contributed by atoms with E-state index >= 15 is 0 Å². The summed E-state index contributed by atoms with van der Waals surface area (Å²) in [5.41, 5.74) is 0.519. The summed E-state index contributed by atoms with van der Waals surface area (Å²) < 4.78 is 5.64. The topological polar surface area (TPSA) is 58.6 Å². The van der Waals surface area contributed by atoms with Crippen LogP contribution in [0, 0.1) is 0 Å². The first-order valence-corrected chi connectivity index (χ1v) is 7.09. The van der Waals surface area contributed by atoms with Gasteiger partial charge in [-0.15, -0.1) is 6.58 Å². The molecule has 21 heavy (non-hydrogen) atoms. The average molecular weight is 309 g/mol. The SMILES string of the molecule is C=CCNC(=O)CN1C(=O)[C@@H](CC)Oc2ccc(Cl)cc21. The van der Waals surface area contributed by atoms with Crippen molar-refractivity contribution in [2.45, 2.75) is 19.4 Å². The predicted molar refractivity (Wildman–Crippen MR) is 81.7 cm³/mol. The minimum absolute atomic E-state index is 0.0696. The molecule has 0 fully saturated rings. The predicted octanol–water partition coefficient (Wildman–Crippen LogP) is 2.15. The minimum Gasteiger partial charge on any atom is -0.478 e. The Kier molecular flexibility index (Phi) is 4.85. The van der Waals surface area contributed by atoms with Gasteiger partial charge in [-0.3, -0.25) is 14.5 Å². The quantitative estimate of drug-likeness (QED) is 0.848. The molecule has 1 aromatic rings. The lowest BCUT2D eigenvalue weighted by Gasteiger charge is -2.33. The number of carbonyl (C=O) groups excluding carboxylic acids is 2. The number of fused-ring (bicyclic) bond motifs is 1. The number of halogens is 1. The van der Waals surface area contributed by atoms with Crippen molar-refractivity contribution in [2.24, 2.45) is 0 Å². The molecule has 0 saturated heterocycles. The number of benzene rings is 1. The van der Waals surface area contributed by atoms with E-state index in [1.807, 2.05) is 6.92 Å². The second-order valence-electron chi connectivity index (χ2n) is 4.64. The zero-order chi connectivity index (χ0) is 15.4. The summed E-state index contributed by atoms with van der Waals surface area (Å²) in [6, 6.07) is 5.03. The molecule has 6 heteroatoms. The monoisotopic (exact) mass is 308 g/mol. The van der Waals surface area contributed by atoms with Crippen LogP contribution in [0.3, 0.4) is 0 Å². The number of rotatable bonds is 5. The minimum atomic E-state index is -0.578. The van der Waals surface area contributed by atoms with Gasteiger partial charge in [0.15, 0.2) is 6.10 Å². The molecule has 1 aliphatic rings. The number of hydrogen-bond donors (Lipinski definition) is 1. The molecule has 0 aromatic heterocycles. The zero-order valence-electron chi connectivity index (χ0n) is 11.8. The summed E-state index contributed by atoms with van der Waals surface area (Å²) in [7, 11) is 0. The standard InChI is InChI=1S/C15H17ClN2O3/c1-3-7-17-14(19)9-18-11-8-10(16)5-6-13(11)21-12(4-2)15(18)20/h3,5-6,8,12H,1,4,7,9H2,2H3,(H,17,19)/t12-/m1/s1. The van der Waals surface area contributed by atoms with Crippen molar-refractivity contribution >= 4 is 29.1 Å². The van der Waals surface area contributed by atoms with E-state index in [0.717, 1.165) is 0 Å². The van der Waals surface area contributed by atoms with Crippen LogP contribution >= 0.6 is 11.6 Å². The molecule has 0 spiro atoms. The van der Waals surface area contributed by atoms with Crippen molar-refractivity contribution in [3.63, 3.8) is 0 Å². The Morgan fingerprint density at radius 3 is 3.00 bits per heavy atom. The first-order valence-electron chi connectivity index (χ1n) is 6.72. The maximum Gasteiger partial charge on any atom is 0.268 e. The number of nitrogens with zero attached hydrogens (tertiary/aromatic N) is 1. The lowest BCUT2D eigenvalue weighted by atomic mass is 10.1. The highest BCUT2D eigenvalue weighted by Crippen LogP contribution is 2.36. The number of ether oxygens (including phenoxy) is 1. The molecule has 0 aliphatic carbocycles. The fourth-order valence-corrected chi connectivity index (χ4v) is 2.27. The van der Waals surface area contributed by atoms with Gasteiger partial charge in [0.05, 0.1) is 5.69 Å². The molecule has 1 atom stereocenters. The first-order chi connectivity index (χ1) is 10.1. The number of carbonyl (C=O) groups is 2. The van der Waals surface area contributed by atoms with Gasteiger partial charge >= 0.3 is 0 Å². The lowest BCUT2D eigenvalue weighted by molar-refractivity contribution is -0.128. The summed E-state index contributed by atoms with van der Waals surface area (Å²) in [4.78, 5) is 25.7. The smallest absolute Gasteiger partial charge is 0.268 e. The largest absolute Gasteiger partial charge is 0.478 e. The first kappa shape index (κ1) is 15.4. The van der Waals surface area contributed by atoms with Crippen molar-refractivity contribution in [1.29, 1.82) is 0 Å². The van der Waals surface area contributed by atoms with E-state index in [2.05, 4.69) is 11.9 Å². The fourth-order valence-electron chi connectivity index (χ4n) is 2.10. The summed E-state index contributed by atoms with van der Waals surface area (Å²) in [6.45, 7) is 5.68. The highest BCUT2D eigenvalue weighted by atomic mass is 35.5. The Hall–Kier alpha value is -2.01.